The molecule has 0 fully saturated rings. The van der Waals surface area contributed by atoms with E-state index in [-0.39, 0.29) is 6.04 Å². The van der Waals surface area contributed by atoms with Gasteiger partial charge in [-0.1, -0.05) is 0 Å². The smallest absolute Gasteiger partial charge is 0.152 e. The predicted octanol–water partition coefficient (Wildman–Crippen LogP) is 3.02. The highest BCUT2D eigenvalue weighted by atomic mass is 16.3. The van der Waals surface area contributed by atoms with Crippen molar-refractivity contribution in [2.45, 2.75) is 40.3 Å². The van der Waals surface area contributed by atoms with E-state index in [1.165, 1.54) is 0 Å². The lowest BCUT2D eigenvalue weighted by atomic mass is 10.0. The largest absolute Gasteiger partial charge is 0.457 e. The maximum Gasteiger partial charge on any atom is 0.152 e. The number of rotatable bonds is 3. The molecule has 1 unspecified atom stereocenters. The van der Waals surface area contributed by atoms with Crippen molar-refractivity contribution in [3.63, 3.8) is 0 Å². The average Bonchev–Trinajstić information content (AvgIpc) is 2.98. The quantitative estimate of drug-likeness (QED) is 0.802. The molecular formula is C16H20N4O. The minimum absolute atomic E-state index is 0.320. The third kappa shape index (κ3) is 2.23. The van der Waals surface area contributed by atoms with Gasteiger partial charge in [0.05, 0.1) is 11.7 Å². The molecule has 3 rings (SSSR count). The van der Waals surface area contributed by atoms with Crippen molar-refractivity contribution in [3.8, 4) is 0 Å². The second-order valence-electron chi connectivity index (χ2n) is 5.36. The third-order valence-electron chi connectivity index (χ3n) is 3.89. The summed E-state index contributed by atoms with van der Waals surface area (Å²) in [5.41, 5.74) is 12.1. The first-order chi connectivity index (χ1) is 10.0. The van der Waals surface area contributed by atoms with Gasteiger partial charge in [0.15, 0.2) is 5.58 Å². The number of nitrogens with zero attached hydrogens (tertiary/aromatic N) is 3. The van der Waals surface area contributed by atoms with Crippen LogP contribution in [0.1, 0.15) is 41.4 Å². The number of pyridine rings is 1. The summed E-state index contributed by atoms with van der Waals surface area (Å²) in [6, 6.07) is 5.48. The number of furan rings is 1. The van der Waals surface area contributed by atoms with Gasteiger partial charge < -0.3 is 10.2 Å². The molecule has 0 aromatic carbocycles. The molecule has 5 heteroatoms. The van der Waals surface area contributed by atoms with Crippen LogP contribution in [-0.4, -0.2) is 14.8 Å². The van der Waals surface area contributed by atoms with Crippen LogP contribution in [0.25, 0.3) is 11.1 Å². The molecule has 0 amide bonds. The van der Waals surface area contributed by atoms with E-state index in [1.807, 2.05) is 43.7 Å². The molecule has 0 aliphatic carbocycles. The molecule has 0 spiro atoms. The lowest BCUT2D eigenvalue weighted by Gasteiger charge is -2.09. The van der Waals surface area contributed by atoms with Crippen LogP contribution in [-0.2, 0) is 6.54 Å². The van der Waals surface area contributed by atoms with Crippen LogP contribution in [0, 0.1) is 20.8 Å². The van der Waals surface area contributed by atoms with E-state index in [4.69, 9.17) is 10.2 Å². The van der Waals surface area contributed by atoms with Crippen LogP contribution in [0.2, 0.25) is 0 Å². The Hall–Kier alpha value is -2.14. The fraction of sp³-hybridized carbons (Fsp3) is 0.375. The van der Waals surface area contributed by atoms with E-state index >= 15 is 0 Å². The number of aryl methyl sites for hydroxylation is 3. The summed E-state index contributed by atoms with van der Waals surface area (Å²) in [4.78, 5) is 4.47. The summed E-state index contributed by atoms with van der Waals surface area (Å²) in [5.74, 6) is 0.727. The van der Waals surface area contributed by atoms with Gasteiger partial charge in [0.1, 0.15) is 11.3 Å². The average molecular weight is 284 g/mol. The van der Waals surface area contributed by atoms with Crippen molar-refractivity contribution in [1.82, 2.24) is 14.8 Å². The van der Waals surface area contributed by atoms with Gasteiger partial charge in [-0.3, -0.25) is 4.68 Å². The van der Waals surface area contributed by atoms with Gasteiger partial charge in [-0.05, 0) is 39.8 Å². The van der Waals surface area contributed by atoms with Crippen molar-refractivity contribution in [2.75, 3.05) is 0 Å². The first-order valence-electron chi connectivity index (χ1n) is 7.17. The maximum absolute atomic E-state index is 6.41. The van der Waals surface area contributed by atoms with E-state index in [9.17, 15) is 0 Å². The highest BCUT2D eigenvalue weighted by molar-refractivity contribution is 5.73. The molecule has 1 atom stereocenters. The Bertz CT molecular complexity index is 800. The lowest BCUT2D eigenvalue weighted by molar-refractivity contribution is 0.522. The number of hydrogen-bond donors (Lipinski definition) is 1. The molecule has 0 saturated heterocycles. The molecule has 3 aromatic heterocycles. The van der Waals surface area contributed by atoms with Crippen molar-refractivity contribution in [2.24, 2.45) is 5.73 Å². The summed E-state index contributed by atoms with van der Waals surface area (Å²) in [5, 5.41) is 4.52. The Balaban J connectivity index is 2.08. The standard InChI is InChI=1S/C16H20N4O/c1-5-20-11(4)15(10(3)19-20)16(17)14-8-12-13(21-14)7-6-9(2)18-12/h6-8,16H,5,17H2,1-4H3. The molecule has 0 aliphatic heterocycles. The monoisotopic (exact) mass is 284 g/mol. The highest BCUT2D eigenvalue weighted by Crippen LogP contribution is 2.29. The van der Waals surface area contributed by atoms with Crippen LogP contribution in [0.5, 0.6) is 0 Å². The molecule has 0 bridgehead atoms. The number of fused-ring (bicyclic) bond motifs is 1. The molecule has 0 saturated carbocycles. The van der Waals surface area contributed by atoms with Gasteiger partial charge in [0, 0.05) is 29.6 Å². The van der Waals surface area contributed by atoms with Gasteiger partial charge in [-0.25, -0.2) is 4.98 Å². The SMILES string of the molecule is CCn1nc(C)c(C(N)c2cc3nc(C)ccc3o2)c1C. The normalized spacial score (nSPS) is 13.0. The highest BCUT2D eigenvalue weighted by Gasteiger charge is 2.22. The Labute approximate surface area is 123 Å². The lowest BCUT2D eigenvalue weighted by Crippen LogP contribution is -2.13. The molecule has 0 aliphatic rings. The van der Waals surface area contributed by atoms with Crippen molar-refractivity contribution in [1.29, 1.82) is 0 Å². The van der Waals surface area contributed by atoms with Gasteiger partial charge >= 0.3 is 0 Å². The third-order valence-corrected chi connectivity index (χ3v) is 3.89. The van der Waals surface area contributed by atoms with Crippen LogP contribution >= 0.6 is 0 Å². The zero-order valence-corrected chi connectivity index (χ0v) is 12.8. The number of aromatic nitrogens is 3. The zero-order chi connectivity index (χ0) is 15.1. The minimum Gasteiger partial charge on any atom is -0.457 e. The van der Waals surface area contributed by atoms with Gasteiger partial charge in [0.2, 0.25) is 0 Å². The summed E-state index contributed by atoms with van der Waals surface area (Å²) in [6.45, 7) is 8.90. The Morgan fingerprint density at radius 1 is 1.29 bits per heavy atom. The molecule has 5 nitrogen and oxygen atoms in total. The molecule has 3 aromatic rings. The first kappa shape index (κ1) is 13.8. The minimum atomic E-state index is -0.320. The molecule has 3 heterocycles. The van der Waals surface area contributed by atoms with E-state index in [2.05, 4.69) is 17.0 Å². The second kappa shape index (κ2) is 5.00. The van der Waals surface area contributed by atoms with Crippen LogP contribution in [0.4, 0.5) is 0 Å². The Kier molecular flexibility index (Phi) is 3.29. The van der Waals surface area contributed by atoms with Crippen LogP contribution < -0.4 is 5.73 Å². The second-order valence-corrected chi connectivity index (χ2v) is 5.36. The van der Waals surface area contributed by atoms with Crippen molar-refractivity contribution >= 4 is 11.1 Å². The summed E-state index contributed by atoms with van der Waals surface area (Å²) >= 11 is 0. The Morgan fingerprint density at radius 2 is 2.05 bits per heavy atom. The van der Waals surface area contributed by atoms with E-state index < -0.39 is 0 Å². The number of hydrogen-bond acceptors (Lipinski definition) is 4. The van der Waals surface area contributed by atoms with Gasteiger partial charge in [-0.15, -0.1) is 0 Å². The summed E-state index contributed by atoms with van der Waals surface area (Å²) in [6.07, 6.45) is 0. The van der Waals surface area contributed by atoms with E-state index in [0.717, 1.165) is 46.0 Å². The fourth-order valence-electron chi connectivity index (χ4n) is 2.81. The van der Waals surface area contributed by atoms with Crippen LogP contribution in [0.15, 0.2) is 22.6 Å². The van der Waals surface area contributed by atoms with Crippen LogP contribution in [0.3, 0.4) is 0 Å². The first-order valence-corrected chi connectivity index (χ1v) is 7.17. The van der Waals surface area contributed by atoms with Gasteiger partial charge in [0.25, 0.3) is 0 Å². The number of nitrogens with two attached hydrogens (primary N) is 1. The summed E-state index contributed by atoms with van der Waals surface area (Å²) in [7, 11) is 0. The van der Waals surface area contributed by atoms with Crippen molar-refractivity contribution < 1.29 is 4.42 Å². The summed E-state index contributed by atoms with van der Waals surface area (Å²) < 4.78 is 7.84. The topological polar surface area (TPSA) is 69.9 Å². The predicted molar refractivity (Wildman–Crippen MR) is 82.2 cm³/mol. The molecule has 110 valence electrons. The molecule has 21 heavy (non-hydrogen) atoms. The molecular weight excluding hydrogens is 264 g/mol. The zero-order valence-electron chi connectivity index (χ0n) is 12.8. The van der Waals surface area contributed by atoms with Gasteiger partial charge in [-0.2, -0.15) is 5.10 Å². The van der Waals surface area contributed by atoms with E-state index in [0.29, 0.717) is 0 Å². The van der Waals surface area contributed by atoms with E-state index in [1.54, 1.807) is 0 Å². The molecule has 0 radical (unpaired) electrons. The molecule has 2 N–H and O–H groups in total. The fourth-order valence-corrected chi connectivity index (χ4v) is 2.81. The maximum atomic E-state index is 6.41. The van der Waals surface area contributed by atoms with Crippen molar-refractivity contribution in [3.05, 3.63) is 46.6 Å². The Morgan fingerprint density at radius 3 is 2.71 bits per heavy atom.